The Labute approximate surface area is 373 Å². The highest BCUT2D eigenvalue weighted by Crippen LogP contribution is 2.76. The van der Waals surface area contributed by atoms with Crippen LogP contribution in [0.15, 0.2) is 0 Å². The van der Waals surface area contributed by atoms with Crippen LogP contribution in [0.4, 0.5) is 0 Å². The van der Waals surface area contributed by atoms with Crippen molar-refractivity contribution in [2.75, 3.05) is 0 Å². The second-order valence-electron chi connectivity index (χ2n) is 30.9. The van der Waals surface area contributed by atoms with Gasteiger partial charge in [-0.25, -0.2) is 0 Å². The van der Waals surface area contributed by atoms with E-state index in [1.807, 2.05) is 0 Å². The van der Waals surface area contributed by atoms with Crippen LogP contribution in [0.2, 0.25) is 0 Å². The van der Waals surface area contributed by atoms with Gasteiger partial charge in [0, 0.05) is 0 Å². The highest BCUT2D eigenvalue weighted by Gasteiger charge is 2.69. The first-order chi connectivity index (χ1) is 26.5. The van der Waals surface area contributed by atoms with E-state index in [1.165, 1.54) is 103 Å². The smallest absolute Gasteiger partial charge is 0.0144 e. The van der Waals surface area contributed by atoms with E-state index in [1.54, 1.807) is 0 Å². The van der Waals surface area contributed by atoms with Gasteiger partial charge in [0.1, 0.15) is 0 Å². The molecule has 0 spiro atoms. The lowest BCUT2D eigenvalue weighted by Gasteiger charge is -2.65. The van der Waals surface area contributed by atoms with Crippen LogP contribution in [-0.2, 0) is 0 Å². The van der Waals surface area contributed by atoms with Crippen molar-refractivity contribution in [3.63, 3.8) is 0 Å². The summed E-state index contributed by atoms with van der Waals surface area (Å²) in [5.74, 6) is 9.04. The van der Waals surface area contributed by atoms with Gasteiger partial charge in [-0.1, -0.05) is 179 Å². The molecule has 4 unspecified atom stereocenters. The molecular formula is C59H110. The molecule has 0 heteroatoms. The maximum absolute atomic E-state index is 2.49. The van der Waals surface area contributed by atoms with E-state index < -0.39 is 0 Å². The second kappa shape index (κ2) is 15.9. The molecule has 0 radical (unpaired) electrons. The summed E-state index contributed by atoms with van der Waals surface area (Å²) in [6.07, 6.45) is 24.1. The first-order valence-electron chi connectivity index (χ1n) is 26.5. The summed E-state index contributed by atoms with van der Waals surface area (Å²) in [6.45, 7) is 56.9. The van der Waals surface area contributed by atoms with Gasteiger partial charge in [-0.15, -0.1) is 0 Å². The average Bonchev–Trinajstić information content (AvgIpc) is 3.91. The van der Waals surface area contributed by atoms with E-state index >= 15 is 0 Å². The van der Waals surface area contributed by atoms with Gasteiger partial charge in [0.15, 0.2) is 0 Å². The number of rotatable bonds is 1. The van der Waals surface area contributed by atoms with Crippen LogP contribution in [0.5, 0.6) is 0 Å². The van der Waals surface area contributed by atoms with Crippen molar-refractivity contribution in [2.45, 2.75) is 262 Å². The molecule has 0 aliphatic heterocycles. The quantitative estimate of drug-likeness (QED) is 0.247. The van der Waals surface area contributed by atoms with Crippen molar-refractivity contribution in [3.8, 4) is 0 Å². The summed E-state index contributed by atoms with van der Waals surface area (Å²) in [7, 11) is 0. The molecule has 10 fully saturated rings. The Hall–Kier alpha value is 0. The van der Waals surface area contributed by atoms with Crippen LogP contribution >= 0.6 is 0 Å². The Morgan fingerprint density at radius 1 is 0.305 bits per heavy atom. The van der Waals surface area contributed by atoms with Gasteiger partial charge in [-0.3, -0.25) is 0 Å². The van der Waals surface area contributed by atoms with E-state index in [0.29, 0.717) is 59.6 Å². The summed E-state index contributed by atoms with van der Waals surface area (Å²) in [5.41, 5.74) is 5.74. The van der Waals surface area contributed by atoms with E-state index in [9.17, 15) is 0 Å². The van der Waals surface area contributed by atoms with Gasteiger partial charge in [-0.2, -0.15) is 0 Å². The molecule has 0 aromatic rings. The predicted octanol–water partition coefficient (Wildman–Crippen LogP) is 19.1. The monoisotopic (exact) mass is 819 g/mol. The first-order valence-corrected chi connectivity index (χ1v) is 26.5. The standard InChI is InChI=1S/C16H30.C15H28.2C14H26/c1-14(2,3)16(15(4,5)6)11-12-7-9-13(16)10-8-12;1-13(2,3)15(14(4,5)6)10-11-7-8-12(15)9-11;1-12(2,3)14(13(4,5)6)10-7-8-11(14)9-10;1-10(2)14(13(3,4)5)11-6-7-12(14)9-8-11/h12-13H,7-11H2,1-6H3;11-12H,7-10H2,1-6H3;10-11H,7-9H2,1-6H3;10-12H,6-9H2,1-5H3. The zero-order valence-corrected chi connectivity index (χ0v) is 45.0. The maximum Gasteiger partial charge on any atom is -0.0144 e. The highest BCUT2D eigenvalue weighted by molar-refractivity contribution is 5.17. The molecule has 8 bridgehead atoms. The third kappa shape index (κ3) is 7.77. The maximum atomic E-state index is 2.49. The molecule has 0 nitrogen and oxygen atoms in total. The van der Waals surface area contributed by atoms with Gasteiger partial charge in [0.2, 0.25) is 0 Å². The molecule has 10 aliphatic carbocycles. The minimum absolute atomic E-state index is 0.453. The van der Waals surface area contributed by atoms with Crippen LogP contribution in [0.3, 0.4) is 0 Å². The molecular weight excluding hydrogens is 709 g/mol. The normalized spacial score (nSPS) is 36.6. The fraction of sp³-hybridized carbons (Fsp3) is 1.00. The van der Waals surface area contributed by atoms with E-state index in [2.05, 4.69) is 159 Å². The topological polar surface area (TPSA) is 0 Å². The highest BCUT2D eigenvalue weighted by atomic mass is 14.7. The SMILES string of the molecule is CC(C)(C)C1(C(C)(C)C)C2CCC1C2.CC(C)(C)C1(C(C)(C)C)CC2CCC1C2.CC(C)(C)C1(C(C)(C)C)CC2CCC1CC2.CC(C)C1(C(C)(C)C)C2CCC1CC2. The Morgan fingerprint density at radius 3 is 0.780 bits per heavy atom. The lowest BCUT2D eigenvalue weighted by molar-refractivity contribution is -0.172. The predicted molar refractivity (Wildman–Crippen MR) is 263 cm³/mol. The zero-order chi connectivity index (χ0) is 45.0. The summed E-state index contributed by atoms with van der Waals surface area (Å²) >= 11 is 0. The minimum atomic E-state index is 0.453. The molecule has 0 amide bonds. The first kappa shape index (κ1) is 50.0. The zero-order valence-electron chi connectivity index (χ0n) is 45.0. The van der Waals surface area contributed by atoms with Crippen LogP contribution in [0.25, 0.3) is 0 Å². The summed E-state index contributed by atoms with van der Waals surface area (Å²) < 4.78 is 0. The molecule has 10 rings (SSSR count). The molecule has 0 heterocycles. The Kier molecular flexibility index (Phi) is 13.4. The Balaban J connectivity index is 0.000000150. The van der Waals surface area contributed by atoms with Gasteiger partial charge < -0.3 is 0 Å². The van der Waals surface area contributed by atoms with Crippen molar-refractivity contribution in [2.24, 2.45) is 113 Å². The van der Waals surface area contributed by atoms with Crippen molar-refractivity contribution < 1.29 is 0 Å². The van der Waals surface area contributed by atoms with Crippen LogP contribution in [0, 0.1) is 113 Å². The van der Waals surface area contributed by atoms with Gasteiger partial charge in [-0.05, 0) is 196 Å². The molecule has 0 aromatic heterocycles. The third-order valence-corrected chi connectivity index (χ3v) is 21.9. The summed E-state index contributed by atoms with van der Waals surface area (Å²) in [6, 6.07) is 0. The molecule has 346 valence electrons. The molecule has 59 heavy (non-hydrogen) atoms. The summed E-state index contributed by atoms with van der Waals surface area (Å²) in [4.78, 5) is 0. The Bertz CT molecular complexity index is 1300. The van der Waals surface area contributed by atoms with Crippen molar-refractivity contribution >= 4 is 0 Å². The van der Waals surface area contributed by atoms with Gasteiger partial charge in [0.25, 0.3) is 0 Å². The van der Waals surface area contributed by atoms with Crippen molar-refractivity contribution in [3.05, 3.63) is 0 Å². The Morgan fingerprint density at radius 2 is 0.610 bits per heavy atom. The fourth-order valence-electron chi connectivity index (χ4n) is 21.7. The number of hydrogen-bond acceptors (Lipinski definition) is 0. The lowest BCUT2D eigenvalue weighted by atomic mass is 9.39. The molecule has 0 saturated heterocycles. The molecule has 0 N–H and O–H groups in total. The minimum Gasteiger partial charge on any atom is -0.0622 e. The van der Waals surface area contributed by atoms with E-state index in [4.69, 9.17) is 0 Å². The van der Waals surface area contributed by atoms with E-state index in [-0.39, 0.29) is 0 Å². The molecule has 4 atom stereocenters. The number of hydrogen-bond donors (Lipinski definition) is 0. The summed E-state index contributed by atoms with van der Waals surface area (Å²) in [5, 5.41) is 0. The lowest BCUT2D eigenvalue weighted by Crippen LogP contribution is -2.59. The van der Waals surface area contributed by atoms with Crippen molar-refractivity contribution in [1.29, 1.82) is 0 Å². The second-order valence-corrected chi connectivity index (χ2v) is 30.9. The average molecular weight is 820 g/mol. The van der Waals surface area contributed by atoms with Crippen LogP contribution in [0.1, 0.15) is 262 Å². The fourth-order valence-corrected chi connectivity index (χ4v) is 21.7. The van der Waals surface area contributed by atoms with Crippen LogP contribution < -0.4 is 0 Å². The van der Waals surface area contributed by atoms with Gasteiger partial charge in [0.05, 0.1) is 0 Å². The largest absolute Gasteiger partial charge is 0.0622 e. The van der Waals surface area contributed by atoms with Crippen molar-refractivity contribution in [1.82, 2.24) is 0 Å². The van der Waals surface area contributed by atoms with Crippen LogP contribution in [-0.4, -0.2) is 0 Å². The molecule has 10 aliphatic rings. The van der Waals surface area contributed by atoms with E-state index in [0.717, 1.165) is 53.3 Å². The molecule has 0 aromatic carbocycles. The number of fused-ring (bicyclic) bond motifs is 8. The van der Waals surface area contributed by atoms with Gasteiger partial charge >= 0.3 is 0 Å². The third-order valence-electron chi connectivity index (χ3n) is 21.9. The molecule has 10 saturated carbocycles.